The number of benzene rings is 4. The summed E-state index contributed by atoms with van der Waals surface area (Å²) < 4.78 is 6.27. The highest BCUT2D eigenvalue weighted by Crippen LogP contribution is 2.36. The van der Waals surface area contributed by atoms with Gasteiger partial charge in [-0.1, -0.05) is 24.3 Å². The van der Waals surface area contributed by atoms with Gasteiger partial charge in [0.05, 0.1) is 22.8 Å². The molecule has 0 aliphatic rings. The van der Waals surface area contributed by atoms with Crippen LogP contribution in [0.2, 0.25) is 0 Å². The molecule has 210 valence electrons. The highest BCUT2D eigenvalue weighted by molar-refractivity contribution is 9.10. The summed E-state index contributed by atoms with van der Waals surface area (Å²) in [4.78, 5) is 17.2. The highest BCUT2D eigenvalue weighted by Gasteiger charge is 2.20. The molecule has 0 bridgehead atoms. The number of aryl methyl sites for hydroxylation is 2. The van der Waals surface area contributed by atoms with Gasteiger partial charge in [-0.15, -0.1) is 10.2 Å². The van der Waals surface area contributed by atoms with Gasteiger partial charge >= 0.3 is 0 Å². The molecule has 0 saturated heterocycles. The summed E-state index contributed by atoms with van der Waals surface area (Å²) in [5.74, 6) is 0.0674. The van der Waals surface area contributed by atoms with Gasteiger partial charge in [-0.25, -0.2) is 0 Å². The minimum atomic E-state index is -0.376. The van der Waals surface area contributed by atoms with Gasteiger partial charge in [0.1, 0.15) is 16.8 Å². The Kier molecular flexibility index (Phi) is 8.23. The molecule has 0 radical (unpaired) electrons. The number of carbonyl (C=O) groups excluding carboxylic acids is 1. The fourth-order valence-electron chi connectivity index (χ4n) is 4.94. The average Bonchev–Trinajstić information content (AvgIpc) is 3.36. The lowest BCUT2D eigenvalue weighted by molar-refractivity contribution is 0.0975. The molecule has 10 heteroatoms. The van der Waals surface area contributed by atoms with Gasteiger partial charge in [0.15, 0.2) is 5.11 Å². The van der Waals surface area contributed by atoms with E-state index in [0.717, 1.165) is 51.9 Å². The molecule has 0 aliphatic heterocycles. The lowest BCUT2D eigenvalue weighted by Gasteiger charge is -2.22. The van der Waals surface area contributed by atoms with Crippen molar-refractivity contribution in [1.29, 1.82) is 0 Å². The Bertz CT molecular complexity index is 1800. The maximum absolute atomic E-state index is 13.2. The summed E-state index contributed by atoms with van der Waals surface area (Å²) in [6, 6.07) is 19.7. The van der Waals surface area contributed by atoms with Gasteiger partial charge in [0.25, 0.3) is 5.91 Å². The molecule has 41 heavy (non-hydrogen) atoms. The van der Waals surface area contributed by atoms with Crippen molar-refractivity contribution in [1.82, 2.24) is 20.3 Å². The van der Waals surface area contributed by atoms with Gasteiger partial charge in [-0.05, 0) is 114 Å². The largest absolute Gasteiger partial charge is 0.495 e. The molecular formula is C31H31BrN6O2S. The number of thiocarbonyl (C=S) groups is 1. The number of anilines is 2. The number of aromatic nitrogens is 3. The van der Waals surface area contributed by atoms with E-state index in [1.54, 1.807) is 10.9 Å². The second-order valence-electron chi connectivity index (χ2n) is 9.69. The van der Waals surface area contributed by atoms with E-state index in [4.69, 9.17) is 27.2 Å². The van der Waals surface area contributed by atoms with Crippen molar-refractivity contribution in [3.63, 3.8) is 0 Å². The van der Waals surface area contributed by atoms with E-state index in [9.17, 15) is 4.79 Å². The first-order valence-corrected chi connectivity index (χ1v) is 14.5. The van der Waals surface area contributed by atoms with Crippen molar-refractivity contribution >= 4 is 72.3 Å². The molecule has 2 N–H and O–H groups in total. The predicted molar refractivity (Wildman–Crippen MR) is 174 cm³/mol. The van der Waals surface area contributed by atoms with Crippen LogP contribution in [0.5, 0.6) is 5.75 Å². The summed E-state index contributed by atoms with van der Waals surface area (Å²) in [5, 5.41) is 17.4. The fourth-order valence-corrected chi connectivity index (χ4v) is 5.88. The summed E-state index contributed by atoms with van der Waals surface area (Å²) in [6.07, 6.45) is 0. The Labute approximate surface area is 252 Å². The number of halogens is 1. The molecule has 0 saturated carbocycles. The summed E-state index contributed by atoms with van der Waals surface area (Å²) >= 11 is 9.10. The number of amides is 1. The lowest BCUT2D eigenvalue weighted by Crippen LogP contribution is -2.34. The monoisotopic (exact) mass is 630 g/mol. The van der Waals surface area contributed by atoms with Crippen LogP contribution in [0.15, 0.2) is 65.1 Å². The van der Waals surface area contributed by atoms with E-state index in [-0.39, 0.29) is 11.0 Å². The highest BCUT2D eigenvalue weighted by atomic mass is 79.9. The molecule has 0 atom stereocenters. The number of hydrogen-bond acceptors (Lipinski definition) is 6. The van der Waals surface area contributed by atoms with E-state index in [2.05, 4.69) is 70.4 Å². The molecular weight excluding hydrogens is 600 g/mol. The third kappa shape index (κ3) is 5.62. The fraction of sp³-hybridized carbons (Fsp3) is 0.226. The van der Waals surface area contributed by atoms with Crippen LogP contribution in [-0.4, -0.2) is 46.2 Å². The van der Waals surface area contributed by atoms with Crippen molar-refractivity contribution < 1.29 is 9.53 Å². The second-order valence-corrected chi connectivity index (χ2v) is 10.9. The Morgan fingerprint density at radius 3 is 2.39 bits per heavy atom. The number of methoxy groups -OCH3 is 1. The first-order valence-electron chi connectivity index (χ1n) is 13.3. The molecule has 5 rings (SSSR count). The number of nitrogens with zero attached hydrogens (tertiary/aromatic N) is 4. The maximum Gasteiger partial charge on any atom is 0.261 e. The van der Waals surface area contributed by atoms with E-state index in [1.165, 1.54) is 12.8 Å². The number of fused-ring (bicyclic) bond motifs is 2. The number of rotatable bonds is 7. The molecule has 8 nitrogen and oxygen atoms in total. The molecule has 1 aromatic heterocycles. The number of ether oxygens (including phenoxy) is 1. The van der Waals surface area contributed by atoms with Crippen LogP contribution in [0.1, 0.15) is 35.3 Å². The molecule has 0 fully saturated rings. The lowest BCUT2D eigenvalue weighted by atomic mass is 10.1. The van der Waals surface area contributed by atoms with Crippen LogP contribution < -0.4 is 20.3 Å². The number of hydrogen-bond donors (Lipinski definition) is 2. The second kappa shape index (κ2) is 11.8. The normalized spacial score (nSPS) is 11.1. The number of carbonyl (C=O) groups is 1. The average molecular weight is 632 g/mol. The maximum atomic E-state index is 13.2. The van der Waals surface area contributed by atoms with Crippen LogP contribution >= 0.6 is 28.1 Å². The zero-order valence-electron chi connectivity index (χ0n) is 23.6. The minimum absolute atomic E-state index is 0.166. The Morgan fingerprint density at radius 2 is 1.71 bits per heavy atom. The number of nitrogens with one attached hydrogen (secondary N) is 2. The van der Waals surface area contributed by atoms with Crippen molar-refractivity contribution in [3.05, 3.63) is 81.8 Å². The van der Waals surface area contributed by atoms with Crippen LogP contribution in [0.4, 0.5) is 11.4 Å². The van der Waals surface area contributed by atoms with Crippen molar-refractivity contribution in [2.45, 2.75) is 27.7 Å². The van der Waals surface area contributed by atoms with Crippen molar-refractivity contribution in [2.75, 3.05) is 30.4 Å². The van der Waals surface area contributed by atoms with E-state index in [1.807, 2.05) is 43.3 Å². The zero-order chi connectivity index (χ0) is 29.3. The SMILES string of the molecule is CCN(CC)c1ccc(-n2nc3cc(C)c(NC(=S)NC(=O)c4cc5ccccc5c(Br)c4OC)cc3n2)c(C)c1. The first kappa shape index (κ1) is 28.5. The van der Waals surface area contributed by atoms with Gasteiger partial charge in [0.2, 0.25) is 0 Å². The van der Waals surface area contributed by atoms with Crippen molar-refractivity contribution in [3.8, 4) is 11.4 Å². The molecule has 0 aliphatic carbocycles. The summed E-state index contributed by atoms with van der Waals surface area (Å²) in [6.45, 7) is 10.2. The summed E-state index contributed by atoms with van der Waals surface area (Å²) in [5.41, 5.74) is 6.68. The smallest absolute Gasteiger partial charge is 0.261 e. The summed E-state index contributed by atoms with van der Waals surface area (Å²) in [7, 11) is 1.54. The van der Waals surface area contributed by atoms with Gasteiger partial charge in [0, 0.05) is 24.5 Å². The van der Waals surface area contributed by atoms with Crippen molar-refractivity contribution in [2.24, 2.45) is 0 Å². The third-order valence-electron chi connectivity index (χ3n) is 7.12. The standard InChI is InChI=1S/C31H31BrN6O2S/c1-6-37(7-2)21-12-13-27(19(4)14-21)38-35-25-15-18(3)24(17-26(25)36-38)33-31(41)34-30(39)23-16-20-10-8-9-11-22(20)28(32)29(23)40-5/h8-17H,6-7H2,1-5H3,(H2,33,34,39,41). The molecule has 0 unspecified atom stereocenters. The minimum Gasteiger partial charge on any atom is -0.495 e. The molecule has 5 aromatic rings. The van der Waals surface area contributed by atoms with Crippen LogP contribution in [0.3, 0.4) is 0 Å². The van der Waals surface area contributed by atoms with Gasteiger partial charge < -0.3 is 15.0 Å². The molecule has 4 aromatic carbocycles. The predicted octanol–water partition coefficient (Wildman–Crippen LogP) is 6.93. The Morgan fingerprint density at radius 1 is 1.00 bits per heavy atom. The molecule has 1 amide bonds. The van der Waals surface area contributed by atoms with E-state index < -0.39 is 0 Å². The van der Waals surface area contributed by atoms with Crippen LogP contribution in [0.25, 0.3) is 27.5 Å². The third-order valence-corrected chi connectivity index (χ3v) is 8.11. The van der Waals surface area contributed by atoms with E-state index >= 15 is 0 Å². The first-order chi connectivity index (χ1) is 19.7. The zero-order valence-corrected chi connectivity index (χ0v) is 26.0. The quantitative estimate of drug-likeness (QED) is 0.189. The molecule has 1 heterocycles. The van der Waals surface area contributed by atoms with Gasteiger partial charge in [-0.2, -0.15) is 4.80 Å². The Hall–Kier alpha value is -4.02. The topological polar surface area (TPSA) is 84.3 Å². The van der Waals surface area contributed by atoms with Gasteiger partial charge in [-0.3, -0.25) is 10.1 Å². The Balaban J connectivity index is 1.37. The van der Waals surface area contributed by atoms with Crippen LogP contribution in [-0.2, 0) is 0 Å². The molecule has 0 spiro atoms. The van der Waals surface area contributed by atoms with E-state index in [0.29, 0.717) is 21.3 Å². The van der Waals surface area contributed by atoms with Crippen LogP contribution in [0, 0.1) is 13.8 Å².